The van der Waals surface area contributed by atoms with Crippen LogP contribution in [0.2, 0.25) is 0 Å². The van der Waals surface area contributed by atoms with E-state index >= 15 is 0 Å². The lowest BCUT2D eigenvalue weighted by molar-refractivity contribution is -0.885. The van der Waals surface area contributed by atoms with Gasteiger partial charge in [-0.25, -0.2) is 4.39 Å². The molecule has 5 nitrogen and oxygen atoms in total. The van der Waals surface area contributed by atoms with Gasteiger partial charge in [0.25, 0.3) is 11.8 Å². The second-order valence-corrected chi connectivity index (χ2v) is 7.18. The SMILES string of the molecule is C[C@@H]1CCCC[C@H]1NC(=O)[C@@H](C)[NH+](C)CC(=O)Nc1cccc(F)c1. The second kappa shape index (κ2) is 8.94. The van der Waals surface area contributed by atoms with Crippen LogP contribution in [0.1, 0.15) is 39.5 Å². The summed E-state index contributed by atoms with van der Waals surface area (Å²) in [5, 5.41) is 5.80. The van der Waals surface area contributed by atoms with Crippen LogP contribution >= 0.6 is 0 Å². The van der Waals surface area contributed by atoms with Crippen molar-refractivity contribution in [1.29, 1.82) is 0 Å². The molecule has 0 spiro atoms. The molecule has 1 aliphatic carbocycles. The van der Waals surface area contributed by atoms with Crippen molar-refractivity contribution in [2.45, 2.75) is 51.6 Å². The zero-order valence-corrected chi connectivity index (χ0v) is 15.3. The molecule has 3 N–H and O–H groups in total. The zero-order chi connectivity index (χ0) is 18.4. The number of carbonyl (C=O) groups is 2. The summed E-state index contributed by atoms with van der Waals surface area (Å²) in [7, 11) is 1.82. The fourth-order valence-electron chi connectivity index (χ4n) is 3.24. The molecule has 1 aliphatic rings. The molecule has 25 heavy (non-hydrogen) atoms. The first kappa shape index (κ1) is 19.4. The van der Waals surface area contributed by atoms with Crippen molar-refractivity contribution in [3.63, 3.8) is 0 Å². The number of rotatable bonds is 6. The van der Waals surface area contributed by atoms with Crippen LogP contribution in [-0.4, -0.2) is 37.5 Å². The standard InChI is InChI=1S/C19H28FN3O2/c1-13-7-4-5-10-17(13)22-19(25)14(2)23(3)12-18(24)21-16-9-6-8-15(20)11-16/h6,8-9,11,13-14,17H,4-5,7,10,12H2,1-3H3,(H,21,24)(H,22,25)/p+1/t13-,14-,17-/m1/s1. The number of anilines is 1. The normalized spacial score (nSPS) is 22.7. The Morgan fingerprint density at radius 3 is 2.72 bits per heavy atom. The van der Waals surface area contributed by atoms with Crippen LogP contribution in [0.15, 0.2) is 24.3 Å². The van der Waals surface area contributed by atoms with E-state index in [4.69, 9.17) is 0 Å². The predicted molar refractivity (Wildman–Crippen MR) is 95.8 cm³/mol. The van der Waals surface area contributed by atoms with Gasteiger partial charge in [0, 0.05) is 11.7 Å². The maximum absolute atomic E-state index is 13.2. The summed E-state index contributed by atoms with van der Waals surface area (Å²) < 4.78 is 13.2. The number of halogens is 1. The van der Waals surface area contributed by atoms with Gasteiger partial charge < -0.3 is 15.5 Å². The van der Waals surface area contributed by atoms with Gasteiger partial charge in [-0.15, -0.1) is 0 Å². The highest BCUT2D eigenvalue weighted by Gasteiger charge is 2.29. The molecular weight excluding hydrogens is 321 g/mol. The van der Waals surface area contributed by atoms with Crippen molar-refractivity contribution in [3.8, 4) is 0 Å². The van der Waals surface area contributed by atoms with Crippen LogP contribution in [-0.2, 0) is 9.59 Å². The Labute approximate surface area is 149 Å². The van der Waals surface area contributed by atoms with Crippen LogP contribution in [0.5, 0.6) is 0 Å². The fourth-order valence-corrected chi connectivity index (χ4v) is 3.24. The van der Waals surface area contributed by atoms with Gasteiger partial charge in [-0.3, -0.25) is 9.59 Å². The van der Waals surface area contributed by atoms with E-state index in [2.05, 4.69) is 17.6 Å². The topological polar surface area (TPSA) is 62.6 Å². The zero-order valence-electron chi connectivity index (χ0n) is 15.3. The molecule has 1 saturated carbocycles. The first-order chi connectivity index (χ1) is 11.9. The smallest absolute Gasteiger partial charge is 0.279 e. The number of carbonyl (C=O) groups excluding carboxylic acids is 2. The van der Waals surface area contributed by atoms with Crippen molar-refractivity contribution < 1.29 is 18.9 Å². The summed E-state index contributed by atoms with van der Waals surface area (Å²) in [6, 6.07) is 5.68. The van der Waals surface area contributed by atoms with Crippen molar-refractivity contribution in [2.75, 3.05) is 18.9 Å². The molecule has 0 aliphatic heterocycles. The highest BCUT2D eigenvalue weighted by Crippen LogP contribution is 2.23. The quantitative estimate of drug-likeness (QED) is 0.725. The molecule has 0 radical (unpaired) electrons. The molecule has 0 aromatic heterocycles. The summed E-state index contributed by atoms with van der Waals surface area (Å²) in [5.74, 6) is -0.155. The van der Waals surface area contributed by atoms with E-state index in [1.165, 1.54) is 18.6 Å². The Bertz CT molecular complexity index is 608. The first-order valence-electron chi connectivity index (χ1n) is 9.05. The van der Waals surface area contributed by atoms with Crippen LogP contribution < -0.4 is 15.5 Å². The third-order valence-corrected chi connectivity index (χ3v) is 5.12. The van der Waals surface area contributed by atoms with E-state index in [-0.39, 0.29) is 30.4 Å². The van der Waals surface area contributed by atoms with Crippen LogP contribution in [0.3, 0.4) is 0 Å². The lowest BCUT2D eigenvalue weighted by Crippen LogP contribution is -3.15. The van der Waals surface area contributed by atoms with E-state index in [9.17, 15) is 14.0 Å². The lowest BCUT2D eigenvalue weighted by Gasteiger charge is -2.31. The fraction of sp³-hybridized carbons (Fsp3) is 0.579. The van der Waals surface area contributed by atoms with Gasteiger partial charge in [-0.05, 0) is 43.9 Å². The number of hydrogen-bond acceptors (Lipinski definition) is 2. The van der Waals surface area contributed by atoms with Gasteiger partial charge in [0.05, 0.1) is 7.05 Å². The van der Waals surface area contributed by atoms with Gasteiger partial charge in [-0.2, -0.15) is 0 Å². The Morgan fingerprint density at radius 1 is 1.32 bits per heavy atom. The molecule has 4 atom stereocenters. The van der Waals surface area contributed by atoms with E-state index in [1.807, 2.05) is 14.0 Å². The minimum absolute atomic E-state index is 0.0187. The van der Waals surface area contributed by atoms with Crippen molar-refractivity contribution in [2.24, 2.45) is 5.92 Å². The van der Waals surface area contributed by atoms with Crippen LogP contribution in [0.25, 0.3) is 0 Å². The average Bonchev–Trinajstić information content (AvgIpc) is 2.56. The molecule has 2 rings (SSSR count). The summed E-state index contributed by atoms with van der Waals surface area (Å²) in [6.45, 7) is 4.15. The summed E-state index contributed by atoms with van der Waals surface area (Å²) in [5.41, 5.74) is 0.422. The van der Waals surface area contributed by atoms with E-state index in [1.54, 1.807) is 12.1 Å². The summed E-state index contributed by atoms with van der Waals surface area (Å²) in [4.78, 5) is 25.4. The highest BCUT2D eigenvalue weighted by atomic mass is 19.1. The van der Waals surface area contributed by atoms with Gasteiger partial charge in [-0.1, -0.05) is 25.8 Å². The summed E-state index contributed by atoms with van der Waals surface area (Å²) in [6.07, 6.45) is 4.56. The molecule has 0 bridgehead atoms. The summed E-state index contributed by atoms with van der Waals surface area (Å²) >= 11 is 0. The van der Waals surface area contributed by atoms with Gasteiger partial charge in [0.1, 0.15) is 5.82 Å². The maximum Gasteiger partial charge on any atom is 0.279 e. The Hall–Kier alpha value is -1.95. The molecule has 2 amide bonds. The van der Waals surface area contributed by atoms with E-state index in [0.717, 1.165) is 24.2 Å². The van der Waals surface area contributed by atoms with Gasteiger partial charge in [0.2, 0.25) is 0 Å². The number of benzene rings is 1. The lowest BCUT2D eigenvalue weighted by atomic mass is 9.86. The number of amides is 2. The maximum atomic E-state index is 13.2. The van der Waals surface area contributed by atoms with Crippen molar-refractivity contribution >= 4 is 17.5 Å². The molecule has 0 saturated heterocycles. The molecule has 6 heteroatoms. The molecule has 1 aromatic rings. The highest BCUT2D eigenvalue weighted by molar-refractivity contribution is 5.91. The van der Waals surface area contributed by atoms with Crippen LogP contribution in [0, 0.1) is 11.7 Å². The minimum Gasteiger partial charge on any atom is -0.348 e. The molecule has 0 heterocycles. The third-order valence-electron chi connectivity index (χ3n) is 5.12. The molecule has 1 aromatic carbocycles. The number of hydrogen-bond donors (Lipinski definition) is 3. The Kier molecular flexibility index (Phi) is 6.93. The minimum atomic E-state index is -0.396. The first-order valence-corrected chi connectivity index (χ1v) is 9.05. The van der Waals surface area contributed by atoms with Gasteiger partial charge in [0.15, 0.2) is 12.6 Å². The van der Waals surface area contributed by atoms with Crippen LogP contribution in [0.4, 0.5) is 10.1 Å². The molecule has 1 unspecified atom stereocenters. The third kappa shape index (κ3) is 5.81. The average molecular weight is 350 g/mol. The van der Waals surface area contributed by atoms with E-state index < -0.39 is 5.82 Å². The molecular formula is C19H29FN3O2+. The Balaban J connectivity index is 1.83. The predicted octanol–water partition coefficient (Wildman–Crippen LogP) is 1.36. The Morgan fingerprint density at radius 2 is 2.04 bits per heavy atom. The largest absolute Gasteiger partial charge is 0.348 e. The molecule has 1 fully saturated rings. The number of likely N-dealkylation sites (N-methyl/N-ethyl adjacent to an activating group) is 1. The second-order valence-electron chi connectivity index (χ2n) is 7.18. The molecule has 138 valence electrons. The number of quaternary nitrogens is 1. The van der Waals surface area contributed by atoms with E-state index in [0.29, 0.717) is 11.6 Å². The monoisotopic (exact) mass is 350 g/mol. The van der Waals surface area contributed by atoms with Gasteiger partial charge >= 0.3 is 0 Å². The number of nitrogens with one attached hydrogen (secondary N) is 3. The van der Waals surface area contributed by atoms with Crippen molar-refractivity contribution in [1.82, 2.24) is 5.32 Å². The van der Waals surface area contributed by atoms with Crippen molar-refractivity contribution in [3.05, 3.63) is 30.1 Å².